The van der Waals surface area contributed by atoms with Crippen LogP contribution in [0.3, 0.4) is 0 Å². The van der Waals surface area contributed by atoms with Crippen LogP contribution in [0.4, 0.5) is 11.4 Å². The average Bonchev–Trinajstić information content (AvgIpc) is 3.11. The molecule has 0 bridgehead atoms. The van der Waals surface area contributed by atoms with Crippen molar-refractivity contribution in [2.24, 2.45) is 0 Å². The molecule has 1 fully saturated rings. The molecule has 0 radical (unpaired) electrons. The number of nitrogens with two attached hydrogens (primary N) is 1. The van der Waals surface area contributed by atoms with E-state index in [2.05, 4.69) is 45.2 Å². The van der Waals surface area contributed by atoms with E-state index in [0.29, 0.717) is 0 Å². The van der Waals surface area contributed by atoms with Gasteiger partial charge in [-0.3, -0.25) is 4.40 Å². The van der Waals surface area contributed by atoms with Gasteiger partial charge in [-0.1, -0.05) is 13.0 Å². The van der Waals surface area contributed by atoms with Gasteiger partial charge in [0.05, 0.1) is 16.6 Å². The Balaban J connectivity index is 1.63. The van der Waals surface area contributed by atoms with Crippen molar-refractivity contribution >= 4 is 45.3 Å². The largest absolute Gasteiger partial charge is 0.399 e. The number of rotatable bonds is 4. The highest BCUT2D eigenvalue weighted by molar-refractivity contribution is 6.08. The number of likely N-dealkylation sites (tertiary alicyclic amines) is 1. The minimum Gasteiger partial charge on any atom is -0.399 e. The van der Waals surface area contributed by atoms with Crippen LogP contribution >= 0.6 is 0 Å². The topological polar surface area (TPSA) is 58.6 Å². The maximum absolute atomic E-state index is 6.08. The van der Waals surface area contributed by atoms with E-state index < -0.39 is 0 Å². The molecular formula is C23H27N5. The third-order valence-electron chi connectivity index (χ3n) is 6.12. The molecule has 3 N–H and O–H groups in total. The van der Waals surface area contributed by atoms with Gasteiger partial charge in [-0.15, -0.1) is 0 Å². The number of aryl methyl sites for hydroxylation is 1. The van der Waals surface area contributed by atoms with Gasteiger partial charge in [0.1, 0.15) is 6.33 Å². The van der Waals surface area contributed by atoms with E-state index in [9.17, 15) is 0 Å². The zero-order valence-electron chi connectivity index (χ0n) is 16.5. The number of nitrogen functional groups attached to an aromatic ring is 1. The number of hydrogen-bond donors (Lipinski definition) is 2. The quantitative estimate of drug-likeness (QED) is 0.424. The van der Waals surface area contributed by atoms with Crippen molar-refractivity contribution in [1.29, 1.82) is 0 Å². The first kappa shape index (κ1) is 17.3. The number of nitrogens with zero attached hydrogens (tertiary/aromatic N) is 3. The van der Waals surface area contributed by atoms with Gasteiger partial charge >= 0.3 is 0 Å². The fraction of sp³-hybridized carbons (Fsp3) is 0.348. The Bertz CT molecular complexity index is 1220. The molecule has 1 saturated heterocycles. The minimum absolute atomic E-state index is 0.756. The van der Waals surface area contributed by atoms with Crippen LogP contribution in [-0.4, -0.2) is 40.5 Å². The summed E-state index contributed by atoms with van der Waals surface area (Å²) in [5.41, 5.74) is 12.5. The molecule has 0 amide bonds. The molecular weight excluding hydrogens is 346 g/mol. The van der Waals surface area contributed by atoms with Crippen LogP contribution in [0.25, 0.3) is 33.9 Å². The van der Waals surface area contributed by atoms with E-state index in [0.717, 1.165) is 51.3 Å². The van der Waals surface area contributed by atoms with Gasteiger partial charge in [0.25, 0.3) is 0 Å². The first-order chi connectivity index (χ1) is 13.6. The monoisotopic (exact) mass is 373 g/mol. The smallest absolute Gasteiger partial charge is 0.100 e. The fourth-order valence-corrected chi connectivity index (χ4v) is 4.68. The molecule has 1 aliphatic heterocycles. The molecule has 0 unspecified atom stereocenters. The Hall–Kier alpha value is -2.79. The summed E-state index contributed by atoms with van der Waals surface area (Å²) in [4.78, 5) is 7.22. The van der Waals surface area contributed by atoms with Crippen LogP contribution in [0.1, 0.15) is 24.8 Å². The lowest BCUT2D eigenvalue weighted by molar-refractivity contribution is 0.237. The number of nitrogens with one attached hydrogen (secondary N) is 1. The summed E-state index contributed by atoms with van der Waals surface area (Å²) in [6, 6.07) is 8.19. The summed E-state index contributed by atoms with van der Waals surface area (Å²) in [7, 11) is 0. The van der Waals surface area contributed by atoms with Crippen LogP contribution < -0.4 is 16.3 Å². The number of aromatic nitrogens is 2. The van der Waals surface area contributed by atoms with Crippen molar-refractivity contribution < 1.29 is 0 Å². The molecule has 0 spiro atoms. The first-order valence-corrected chi connectivity index (χ1v) is 10.2. The second-order valence-electron chi connectivity index (χ2n) is 8.01. The van der Waals surface area contributed by atoms with E-state index >= 15 is 0 Å². The normalized spacial score (nSPS) is 15.8. The molecule has 2 aromatic carbocycles. The van der Waals surface area contributed by atoms with Crippen LogP contribution in [0.2, 0.25) is 0 Å². The fourth-order valence-electron chi connectivity index (χ4n) is 4.68. The zero-order chi connectivity index (χ0) is 19.3. The highest BCUT2D eigenvalue weighted by Gasteiger charge is 2.16. The van der Waals surface area contributed by atoms with Crippen molar-refractivity contribution in [3.63, 3.8) is 0 Å². The molecule has 0 atom stereocenters. The van der Waals surface area contributed by atoms with E-state index in [-0.39, 0.29) is 0 Å². The number of fused-ring (bicyclic) bond motifs is 2. The maximum Gasteiger partial charge on any atom is 0.100 e. The number of pyridine rings is 1. The van der Waals surface area contributed by atoms with Gasteiger partial charge in [-0.25, -0.2) is 4.98 Å². The van der Waals surface area contributed by atoms with Crippen LogP contribution in [-0.2, 0) is 0 Å². The predicted molar refractivity (Wildman–Crippen MR) is 119 cm³/mol. The third-order valence-corrected chi connectivity index (χ3v) is 6.12. The number of hydrogen-bond acceptors (Lipinski definition) is 4. The van der Waals surface area contributed by atoms with Crippen LogP contribution in [0.5, 0.6) is 0 Å². The summed E-state index contributed by atoms with van der Waals surface area (Å²) < 4.78 is 2.17. The van der Waals surface area contributed by atoms with Gasteiger partial charge in [0.15, 0.2) is 0 Å². The Morgan fingerprint density at radius 1 is 1.18 bits per heavy atom. The maximum atomic E-state index is 6.08. The van der Waals surface area contributed by atoms with E-state index in [4.69, 9.17) is 5.73 Å². The van der Waals surface area contributed by atoms with Crippen LogP contribution in [0.15, 0.2) is 30.6 Å². The molecule has 1 aliphatic rings. The average molecular weight is 374 g/mol. The second-order valence-corrected chi connectivity index (χ2v) is 8.01. The summed E-state index contributed by atoms with van der Waals surface area (Å²) in [5, 5.41) is 6.98. The molecule has 0 saturated carbocycles. The van der Waals surface area contributed by atoms with Gasteiger partial charge in [-0.2, -0.15) is 0 Å². The van der Waals surface area contributed by atoms with Crippen molar-refractivity contribution in [2.45, 2.75) is 26.2 Å². The molecule has 0 aliphatic carbocycles. The number of benzene rings is 2. The van der Waals surface area contributed by atoms with Gasteiger partial charge in [-0.05, 0) is 67.9 Å². The Kier molecular flexibility index (Phi) is 4.13. The number of piperidine rings is 1. The van der Waals surface area contributed by atoms with Gasteiger partial charge in [0.2, 0.25) is 0 Å². The highest BCUT2D eigenvalue weighted by Crippen LogP contribution is 2.31. The lowest BCUT2D eigenvalue weighted by Crippen LogP contribution is -2.33. The zero-order valence-corrected chi connectivity index (χ0v) is 16.5. The second kappa shape index (κ2) is 6.67. The molecule has 2 aromatic heterocycles. The van der Waals surface area contributed by atoms with Gasteiger partial charge in [0, 0.05) is 35.2 Å². The Morgan fingerprint density at radius 3 is 2.82 bits per heavy atom. The summed E-state index contributed by atoms with van der Waals surface area (Å²) in [5.74, 6) is 0. The lowest BCUT2D eigenvalue weighted by atomic mass is 10.0. The van der Waals surface area contributed by atoms with Crippen molar-refractivity contribution in [3.8, 4) is 0 Å². The molecule has 3 heterocycles. The predicted octanol–water partition coefficient (Wildman–Crippen LogP) is 3.56. The first-order valence-electron chi connectivity index (χ1n) is 10.2. The standard InChI is InChI=1S/C23H27N5/c1-15-12-19-23-21(22(15)25-8-11-27-9-4-3-5-10-27)16(2)18-13-17(24)6-7-20(18)28(23)14-26-19/h6-7,12-14,25H,2-5,8-11,24H2,1H3. The van der Waals surface area contributed by atoms with Crippen molar-refractivity contribution in [1.82, 2.24) is 14.3 Å². The van der Waals surface area contributed by atoms with E-state index in [1.165, 1.54) is 43.6 Å². The van der Waals surface area contributed by atoms with E-state index in [1.807, 2.05) is 18.5 Å². The van der Waals surface area contributed by atoms with Crippen LogP contribution in [0, 0.1) is 6.92 Å². The SMILES string of the molecule is C=c1c2cc(N)ccc2n2cnc3cc(C)c(NCCN4CCCCC4)c1c32. The summed E-state index contributed by atoms with van der Waals surface area (Å²) in [6.07, 6.45) is 5.93. The third kappa shape index (κ3) is 2.69. The van der Waals surface area contributed by atoms with Gasteiger partial charge < -0.3 is 16.0 Å². The Morgan fingerprint density at radius 2 is 2.00 bits per heavy atom. The Labute approximate surface area is 164 Å². The number of imidazole rings is 1. The van der Waals surface area contributed by atoms with Crippen molar-refractivity contribution in [3.05, 3.63) is 41.4 Å². The number of anilines is 2. The molecule has 4 aromatic rings. The molecule has 5 rings (SSSR count). The lowest BCUT2D eigenvalue weighted by Gasteiger charge is -2.27. The highest BCUT2D eigenvalue weighted by atomic mass is 15.1. The minimum atomic E-state index is 0.756. The van der Waals surface area contributed by atoms with E-state index in [1.54, 1.807) is 0 Å². The molecule has 144 valence electrons. The summed E-state index contributed by atoms with van der Waals surface area (Å²) in [6.45, 7) is 11.1. The molecule has 5 nitrogen and oxygen atoms in total. The molecule has 28 heavy (non-hydrogen) atoms. The van der Waals surface area contributed by atoms with Crippen molar-refractivity contribution in [2.75, 3.05) is 37.2 Å². The summed E-state index contributed by atoms with van der Waals surface area (Å²) >= 11 is 0. The molecule has 5 heteroatoms.